The SMILES string of the molecule is Fc1ccc2[nH]ccc2c1-c1ncc2sccc2n1. The molecule has 3 heterocycles. The lowest BCUT2D eigenvalue weighted by Crippen LogP contribution is -1.92. The second-order valence-corrected chi connectivity index (χ2v) is 5.17. The van der Waals surface area contributed by atoms with Crippen molar-refractivity contribution in [2.24, 2.45) is 0 Å². The summed E-state index contributed by atoms with van der Waals surface area (Å²) in [5.74, 6) is 0.121. The van der Waals surface area contributed by atoms with Crippen LogP contribution in [0.4, 0.5) is 4.39 Å². The van der Waals surface area contributed by atoms with Crippen LogP contribution < -0.4 is 0 Å². The standard InChI is InChI=1S/C14H8FN3S/c15-9-1-2-10-8(3-5-16-10)13(9)14-17-7-12-11(18-14)4-6-19-12/h1-7,16H. The van der Waals surface area contributed by atoms with Gasteiger partial charge in [0.25, 0.3) is 0 Å². The molecular formula is C14H8FN3S. The van der Waals surface area contributed by atoms with Crippen LogP contribution in [0.25, 0.3) is 32.5 Å². The molecule has 1 N–H and O–H groups in total. The van der Waals surface area contributed by atoms with Gasteiger partial charge in [0.2, 0.25) is 0 Å². The lowest BCUT2D eigenvalue weighted by molar-refractivity contribution is 0.632. The predicted octanol–water partition coefficient (Wildman–Crippen LogP) is 3.98. The molecule has 1 aromatic carbocycles. The minimum Gasteiger partial charge on any atom is -0.361 e. The molecule has 0 fully saturated rings. The zero-order valence-electron chi connectivity index (χ0n) is 9.72. The topological polar surface area (TPSA) is 41.6 Å². The first-order valence-corrected chi connectivity index (χ1v) is 6.67. The number of nitrogens with one attached hydrogen (secondary N) is 1. The molecule has 0 aliphatic heterocycles. The number of hydrogen-bond acceptors (Lipinski definition) is 3. The Labute approximate surface area is 111 Å². The van der Waals surface area contributed by atoms with Crippen LogP contribution in [0, 0.1) is 5.82 Å². The van der Waals surface area contributed by atoms with Gasteiger partial charge in [-0.25, -0.2) is 14.4 Å². The van der Waals surface area contributed by atoms with Crippen molar-refractivity contribution < 1.29 is 4.39 Å². The number of aromatic amines is 1. The van der Waals surface area contributed by atoms with Crippen molar-refractivity contribution in [3.63, 3.8) is 0 Å². The number of thiophene rings is 1. The van der Waals surface area contributed by atoms with Crippen molar-refractivity contribution in [3.8, 4) is 11.4 Å². The molecule has 5 heteroatoms. The summed E-state index contributed by atoms with van der Waals surface area (Å²) in [7, 11) is 0. The van der Waals surface area contributed by atoms with Gasteiger partial charge in [-0.3, -0.25) is 0 Å². The molecule has 3 nitrogen and oxygen atoms in total. The summed E-state index contributed by atoms with van der Waals surface area (Å²) in [4.78, 5) is 11.8. The number of fused-ring (bicyclic) bond motifs is 2. The van der Waals surface area contributed by atoms with E-state index in [-0.39, 0.29) is 5.82 Å². The Morgan fingerprint density at radius 1 is 1.16 bits per heavy atom. The molecule has 3 aromatic heterocycles. The summed E-state index contributed by atoms with van der Waals surface area (Å²) in [5, 5.41) is 2.76. The number of hydrogen-bond donors (Lipinski definition) is 1. The van der Waals surface area contributed by atoms with Crippen LogP contribution in [0.3, 0.4) is 0 Å². The van der Waals surface area contributed by atoms with Crippen LogP contribution in [0.15, 0.2) is 42.0 Å². The summed E-state index contributed by atoms with van der Waals surface area (Å²) in [6, 6.07) is 6.92. The van der Waals surface area contributed by atoms with Gasteiger partial charge in [-0.2, -0.15) is 0 Å². The summed E-state index contributed by atoms with van der Waals surface area (Å²) < 4.78 is 15.1. The Morgan fingerprint density at radius 3 is 3.05 bits per heavy atom. The summed E-state index contributed by atoms with van der Waals surface area (Å²) in [6.07, 6.45) is 3.53. The van der Waals surface area contributed by atoms with E-state index in [2.05, 4.69) is 15.0 Å². The second-order valence-electron chi connectivity index (χ2n) is 4.22. The fraction of sp³-hybridized carbons (Fsp3) is 0. The zero-order valence-corrected chi connectivity index (χ0v) is 10.5. The molecule has 0 spiro atoms. The third kappa shape index (κ3) is 1.55. The Kier molecular flexibility index (Phi) is 2.16. The van der Waals surface area contributed by atoms with E-state index >= 15 is 0 Å². The monoisotopic (exact) mass is 269 g/mol. The van der Waals surface area contributed by atoms with E-state index < -0.39 is 0 Å². The maximum absolute atomic E-state index is 14.1. The molecule has 0 aliphatic rings. The van der Waals surface area contributed by atoms with E-state index in [0.29, 0.717) is 11.4 Å². The van der Waals surface area contributed by atoms with Gasteiger partial charge < -0.3 is 4.98 Å². The van der Waals surface area contributed by atoms with Crippen molar-refractivity contribution >= 4 is 32.5 Å². The molecule has 0 atom stereocenters. The van der Waals surface area contributed by atoms with Gasteiger partial charge in [0.15, 0.2) is 5.82 Å². The van der Waals surface area contributed by atoms with E-state index in [1.807, 2.05) is 17.5 Å². The minimum absolute atomic E-state index is 0.304. The Morgan fingerprint density at radius 2 is 2.11 bits per heavy atom. The van der Waals surface area contributed by atoms with Crippen molar-refractivity contribution in [2.45, 2.75) is 0 Å². The van der Waals surface area contributed by atoms with Gasteiger partial charge >= 0.3 is 0 Å². The van der Waals surface area contributed by atoms with Gasteiger partial charge in [-0.15, -0.1) is 11.3 Å². The van der Waals surface area contributed by atoms with Crippen LogP contribution in [0.5, 0.6) is 0 Å². The van der Waals surface area contributed by atoms with E-state index in [1.165, 1.54) is 6.07 Å². The van der Waals surface area contributed by atoms with Crippen LogP contribution in [0.1, 0.15) is 0 Å². The summed E-state index contributed by atoms with van der Waals surface area (Å²) in [5.41, 5.74) is 2.18. The number of benzene rings is 1. The third-order valence-electron chi connectivity index (χ3n) is 3.11. The maximum atomic E-state index is 14.1. The highest BCUT2D eigenvalue weighted by atomic mass is 32.1. The van der Waals surface area contributed by atoms with Crippen molar-refractivity contribution in [3.05, 3.63) is 47.9 Å². The van der Waals surface area contributed by atoms with Crippen LogP contribution in [0.2, 0.25) is 0 Å². The molecular weight excluding hydrogens is 261 g/mol. The highest BCUT2D eigenvalue weighted by Gasteiger charge is 2.14. The zero-order chi connectivity index (χ0) is 12.8. The molecule has 4 rings (SSSR count). The average molecular weight is 269 g/mol. The molecule has 0 unspecified atom stereocenters. The highest BCUT2D eigenvalue weighted by molar-refractivity contribution is 7.17. The smallest absolute Gasteiger partial charge is 0.163 e. The average Bonchev–Trinajstić information content (AvgIpc) is 3.05. The van der Waals surface area contributed by atoms with Gasteiger partial charge in [0.05, 0.1) is 15.8 Å². The lowest BCUT2D eigenvalue weighted by Gasteiger charge is -2.04. The quantitative estimate of drug-likeness (QED) is 0.568. The Bertz CT molecular complexity index is 894. The fourth-order valence-corrected chi connectivity index (χ4v) is 2.91. The molecule has 19 heavy (non-hydrogen) atoms. The number of aromatic nitrogens is 3. The van der Waals surface area contributed by atoms with Crippen LogP contribution in [-0.4, -0.2) is 15.0 Å². The summed E-state index contributed by atoms with van der Waals surface area (Å²) in [6.45, 7) is 0. The molecule has 4 aromatic rings. The van der Waals surface area contributed by atoms with Crippen molar-refractivity contribution in [2.75, 3.05) is 0 Å². The fourth-order valence-electron chi connectivity index (χ4n) is 2.22. The predicted molar refractivity (Wildman–Crippen MR) is 74.7 cm³/mol. The molecule has 0 bridgehead atoms. The molecule has 0 saturated heterocycles. The van der Waals surface area contributed by atoms with E-state index in [4.69, 9.17) is 0 Å². The number of nitrogens with zero attached hydrogens (tertiary/aromatic N) is 2. The number of halogens is 1. The Balaban J connectivity index is 2.07. The summed E-state index contributed by atoms with van der Waals surface area (Å²) >= 11 is 1.58. The van der Waals surface area contributed by atoms with Gasteiger partial charge in [0.1, 0.15) is 5.82 Å². The highest BCUT2D eigenvalue weighted by Crippen LogP contribution is 2.30. The first kappa shape index (κ1) is 10.6. The van der Waals surface area contributed by atoms with E-state index in [9.17, 15) is 4.39 Å². The van der Waals surface area contributed by atoms with E-state index in [1.54, 1.807) is 29.8 Å². The Hall–Kier alpha value is -2.27. The van der Waals surface area contributed by atoms with Crippen LogP contribution in [-0.2, 0) is 0 Å². The molecule has 92 valence electrons. The van der Waals surface area contributed by atoms with E-state index in [0.717, 1.165) is 21.1 Å². The second kappa shape index (κ2) is 3.86. The van der Waals surface area contributed by atoms with Gasteiger partial charge in [-0.05, 0) is 29.6 Å². The first-order chi connectivity index (χ1) is 9.33. The largest absolute Gasteiger partial charge is 0.361 e. The molecule has 0 saturated carbocycles. The number of H-pyrrole nitrogens is 1. The molecule has 0 amide bonds. The molecule has 0 radical (unpaired) electrons. The molecule has 0 aliphatic carbocycles. The van der Waals surface area contributed by atoms with Gasteiger partial charge in [-0.1, -0.05) is 0 Å². The number of rotatable bonds is 1. The van der Waals surface area contributed by atoms with Crippen LogP contribution >= 0.6 is 11.3 Å². The van der Waals surface area contributed by atoms with Gasteiger partial charge in [0, 0.05) is 23.3 Å². The maximum Gasteiger partial charge on any atom is 0.163 e. The van der Waals surface area contributed by atoms with Crippen molar-refractivity contribution in [1.82, 2.24) is 15.0 Å². The first-order valence-electron chi connectivity index (χ1n) is 5.79. The van der Waals surface area contributed by atoms with Crippen molar-refractivity contribution in [1.29, 1.82) is 0 Å². The minimum atomic E-state index is -0.304. The lowest BCUT2D eigenvalue weighted by atomic mass is 10.1. The normalized spacial score (nSPS) is 11.4. The third-order valence-corrected chi connectivity index (χ3v) is 3.95.